The fourth-order valence-electron chi connectivity index (χ4n) is 2.29. The number of H-pyrrole nitrogens is 1. The normalized spacial score (nSPS) is 17.5. The highest BCUT2D eigenvalue weighted by Gasteiger charge is 2.50. The number of carboxylic acid groups (broad SMARTS) is 1. The number of carbonyl (C=O) groups is 1. The molecule has 1 saturated carbocycles. The molecule has 3 rings (SSSR count). The molecule has 0 bridgehead atoms. The van der Waals surface area contributed by atoms with Gasteiger partial charge in [-0.1, -0.05) is 12.1 Å². The second-order valence-electron chi connectivity index (χ2n) is 4.62. The van der Waals surface area contributed by atoms with Crippen molar-refractivity contribution in [1.82, 2.24) is 4.98 Å². The van der Waals surface area contributed by atoms with Crippen molar-refractivity contribution < 1.29 is 9.90 Å². The number of fused-ring (bicyclic) bond motifs is 1. The second kappa shape index (κ2) is 3.11. The summed E-state index contributed by atoms with van der Waals surface area (Å²) in [4.78, 5) is 14.3. The summed E-state index contributed by atoms with van der Waals surface area (Å²) in [5.41, 5.74) is 1.74. The summed E-state index contributed by atoms with van der Waals surface area (Å²) < 4.78 is 0. The highest BCUT2D eigenvalue weighted by atomic mass is 16.4. The van der Waals surface area contributed by atoms with Crippen molar-refractivity contribution in [2.24, 2.45) is 5.41 Å². The van der Waals surface area contributed by atoms with Crippen LogP contribution in [0.15, 0.2) is 30.5 Å². The zero-order chi connectivity index (χ0) is 11.2. The van der Waals surface area contributed by atoms with Crippen LogP contribution in [0.3, 0.4) is 0 Å². The Bertz CT molecular complexity index is 552. The standard InChI is InChI=1S/C13H13NO2/c15-12(16)13(5-6-13)8-9-2-1-3-11-10(9)4-7-14-11/h1-4,7,14H,5-6,8H2,(H,15,16). The van der Waals surface area contributed by atoms with Gasteiger partial charge in [0.05, 0.1) is 5.41 Å². The lowest BCUT2D eigenvalue weighted by Crippen LogP contribution is -2.17. The van der Waals surface area contributed by atoms with E-state index < -0.39 is 11.4 Å². The van der Waals surface area contributed by atoms with E-state index in [-0.39, 0.29) is 0 Å². The zero-order valence-corrected chi connectivity index (χ0v) is 8.86. The predicted molar refractivity (Wildman–Crippen MR) is 61.3 cm³/mol. The summed E-state index contributed by atoms with van der Waals surface area (Å²) in [7, 11) is 0. The third kappa shape index (κ3) is 1.32. The quantitative estimate of drug-likeness (QED) is 0.826. The number of benzene rings is 1. The maximum Gasteiger partial charge on any atom is 0.309 e. The maximum atomic E-state index is 11.2. The number of aliphatic carboxylic acids is 1. The Balaban J connectivity index is 2.01. The van der Waals surface area contributed by atoms with E-state index in [9.17, 15) is 9.90 Å². The van der Waals surface area contributed by atoms with Gasteiger partial charge >= 0.3 is 5.97 Å². The van der Waals surface area contributed by atoms with Crippen molar-refractivity contribution in [1.29, 1.82) is 0 Å². The van der Waals surface area contributed by atoms with Crippen molar-refractivity contribution >= 4 is 16.9 Å². The van der Waals surface area contributed by atoms with Gasteiger partial charge in [0.25, 0.3) is 0 Å². The molecular formula is C13H13NO2. The van der Waals surface area contributed by atoms with Gasteiger partial charge in [-0.05, 0) is 37.0 Å². The minimum atomic E-state index is -0.653. The van der Waals surface area contributed by atoms with Gasteiger partial charge in [-0.15, -0.1) is 0 Å². The first-order chi connectivity index (χ1) is 7.71. The molecule has 1 heterocycles. The molecule has 2 N–H and O–H groups in total. The van der Waals surface area contributed by atoms with E-state index in [1.807, 2.05) is 30.5 Å². The SMILES string of the molecule is O=C(O)C1(Cc2cccc3[nH]ccc23)CC1. The third-order valence-corrected chi connectivity index (χ3v) is 3.52. The first-order valence-electron chi connectivity index (χ1n) is 5.50. The van der Waals surface area contributed by atoms with Gasteiger partial charge < -0.3 is 10.1 Å². The predicted octanol–water partition coefficient (Wildman–Crippen LogP) is 2.58. The molecule has 0 radical (unpaired) electrons. The smallest absolute Gasteiger partial charge is 0.309 e. The number of rotatable bonds is 3. The molecule has 0 spiro atoms. The average molecular weight is 215 g/mol. The highest BCUT2D eigenvalue weighted by molar-refractivity contribution is 5.85. The maximum absolute atomic E-state index is 11.2. The molecule has 82 valence electrons. The Kier molecular flexibility index (Phi) is 1.84. The molecule has 16 heavy (non-hydrogen) atoms. The number of aromatic nitrogens is 1. The zero-order valence-electron chi connectivity index (χ0n) is 8.86. The van der Waals surface area contributed by atoms with Gasteiger partial charge in [0, 0.05) is 17.1 Å². The summed E-state index contributed by atoms with van der Waals surface area (Å²) in [6.07, 6.45) is 4.16. The van der Waals surface area contributed by atoms with Crippen molar-refractivity contribution in [2.45, 2.75) is 19.3 Å². The number of hydrogen-bond donors (Lipinski definition) is 2. The molecule has 0 amide bonds. The van der Waals surface area contributed by atoms with Crippen LogP contribution < -0.4 is 0 Å². The first kappa shape index (κ1) is 9.46. The topological polar surface area (TPSA) is 53.1 Å². The molecule has 3 heteroatoms. The lowest BCUT2D eigenvalue weighted by Gasteiger charge is -2.10. The lowest BCUT2D eigenvalue weighted by atomic mass is 9.94. The second-order valence-corrected chi connectivity index (χ2v) is 4.62. The number of nitrogens with one attached hydrogen (secondary N) is 1. The van der Waals surface area contributed by atoms with Gasteiger partial charge in [0.2, 0.25) is 0 Å². The van der Waals surface area contributed by atoms with Crippen LogP contribution in [0, 0.1) is 5.41 Å². The number of aromatic amines is 1. The van der Waals surface area contributed by atoms with Gasteiger partial charge in [0.15, 0.2) is 0 Å². The summed E-state index contributed by atoms with van der Waals surface area (Å²) in [6.45, 7) is 0. The van der Waals surface area contributed by atoms with Crippen LogP contribution in [-0.2, 0) is 11.2 Å². The molecule has 1 aromatic carbocycles. The first-order valence-corrected chi connectivity index (χ1v) is 5.50. The minimum absolute atomic E-state index is 0.481. The summed E-state index contributed by atoms with van der Waals surface area (Å²) >= 11 is 0. The average Bonchev–Trinajstić information content (AvgIpc) is 2.89. The Morgan fingerprint density at radius 3 is 2.88 bits per heavy atom. The van der Waals surface area contributed by atoms with E-state index in [4.69, 9.17) is 0 Å². The molecule has 2 aromatic rings. The molecule has 1 aromatic heterocycles. The fourth-order valence-corrected chi connectivity index (χ4v) is 2.29. The van der Waals surface area contributed by atoms with E-state index in [1.54, 1.807) is 0 Å². The Morgan fingerprint density at radius 1 is 1.38 bits per heavy atom. The summed E-state index contributed by atoms with van der Waals surface area (Å²) in [5.74, 6) is -0.653. The molecule has 3 nitrogen and oxygen atoms in total. The van der Waals surface area contributed by atoms with Crippen LogP contribution in [0.5, 0.6) is 0 Å². The summed E-state index contributed by atoms with van der Waals surface area (Å²) in [5, 5.41) is 10.3. The van der Waals surface area contributed by atoms with Crippen LogP contribution in [0.25, 0.3) is 10.9 Å². The van der Waals surface area contributed by atoms with Crippen molar-refractivity contribution in [2.75, 3.05) is 0 Å². The van der Waals surface area contributed by atoms with E-state index in [1.165, 1.54) is 0 Å². The molecule has 1 aliphatic rings. The largest absolute Gasteiger partial charge is 0.481 e. The molecule has 1 fully saturated rings. The third-order valence-electron chi connectivity index (χ3n) is 3.52. The van der Waals surface area contributed by atoms with Gasteiger partial charge in [-0.3, -0.25) is 4.79 Å². The van der Waals surface area contributed by atoms with Crippen LogP contribution in [0.1, 0.15) is 18.4 Å². The van der Waals surface area contributed by atoms with Crippen LogP contribution in [-0.4, -0.2) is 16.1 Å². The van der Waals surface area contributed by atoms with E-state index in [0.717, 1.165) is 29.3 Å². The molecule has 0 atom stereocenters. The monoisotopic (exact) mass is 215 g/mol. The minimum Gasteiger partial charge on any atom is -0.481 e. The molecule has 0 unspecified atom stereocenters. The van der Waals surface area contributed by atoms with Crippen LogP contribution >= 0.6 is 0 Å². The fraction of sp³-hybridized carbons (Fsp3) is 0.308. The van der Waals surface area contributed by atoms with E-state index in [0.29, 0.717) is 6.42 Å². The van der Waals surface area contributed by atoms with Gasteiger partial charge in [0.1, 0.15) is 0 Å². The van der Waals surface area contributed by atoms with Crippen molar-refractivity contribution in [3.05, 3.63) is 36.0 Å². The van der Waals surface area contributed by atoms with Gasteiger partial charge in [-0.25, -0.2) is 0 Å². The lowest BCUT2D eigenvalue weighted by molar-refractivity contribution is -0.143. The Hall–Kier alpha value is -1.77. The Labute approximate surface area is 93.1 Å². The molecule has 0 saturated heterocycles. The summed E-state index contributed by atoms with van der Waals surface area (Å²) in [6, 6.07) is 8.03. The number of carboxylic acids is 1. The van der Waals surface area contributed by atoms with Gasteiger partial charge in [-0.2, -0.15) is 0 Å². The Morgan fingerprint density at radius 2 is 2.19 bits per heavy atom. The van der Waals surface area contributed by atoms with Crippen LogP contribution in [0.4, 0.5) is 0 Å². The molecular weight excluding hydrogens is 202 g/mol. The van der Waals surface area contributed by atoms with E-state index >= 15 is 0 Å². The van der Waals surface area contributed by atoms with Crippen molar-refractivity contribution in [3.8, 4) is 0 Å². The van der Waals surface area contributed by atoms with Crippen LogP contribution in [0.2, 0.25) is 0 Å². The van der Waals surface area contributed by atoms with Crippen molar-refractivity contribution in [3.63, 3.8) is 0 Å². The molecule has 1 aliphatic carbocycles. The van der Waals surface area contributed by atoms with E-state index in [2.05, 4.69) is 4.98 Å². The number of hydrogen-bond acceptors (Lipinski definition) is 1. The molecule has 0 aliphatic heterocycles. The highest BCUT2D eigenvalue weighted by Crippen LogP contribution is 2.49.